The van der Waals surface area contributed by atoms with Gasteiger partial charge < -0.3 is 20.5 Å². The summed E-state index contributed by atoms with van der Waals surface area (Å²) in [7, 11) is 1.46. The summed E-state index contributed by atoms with van der Waals surface area (Å²) in [5.41, 5.74) is 0.367. The lowest BCUT2D eigenvalue weighted by molar-refractivity contribution is -0.137. The Hall–Kier alpha value is -2.41. The van der Waals surface area contributed by atoms with Crippen molar-refractivity contribution in [1.82, 2.24) is 5.32 Å². The zero-order valence-electron chi connectivity index (χ0n) is 12.8. The van der Waals surface area contributed by atoms with Crippen molar-refractivity contribution < 1.29 is 24.2 Å². The first-order valence-corrected chi connectivity index (χ1v) is 6.68. The number of hydrogen-bond donors (Lipinski definition) is 3. The minimum atomic E-state index is -1.09. The zero-order valence-corrected chi connectivity index (χ0v) is 12.8. The molecule has 120 valence electrons. The standard InChI is InChI=1S/C15H20N2O5/c1-15(2,22-3)14(21)17-11-6-4-10(5-7-11)8-12(18)16-9-13(19)20/h4-7H,8-9H2,1-3H3,(H,16,18)(H,17,21)(H,19,20). The zero-order chi connectivity index (χ0) is 16.8. The van der Waals surface area contributed by atoms with E-state index in [-0.39, 0.29) is 18.2 Å². The maximum atomic E-state index is 11.9. The van der Waals surface area contributed by atoms with E-state index in [0.29, 0.717) is 11.3 Å². The van der Waals surface area contributed by atoms with Crippen LogP contribution in [-0.2, 0) is 25.5 Å². The molecule has 0 aliphatic carbocycles. The smallest absolute Gasteiger partial charge is 0.322 e. The molecule has 0 radical (unpaired) electrons. The summed E-state index contributed by atoms with van der Waals surface area (Å²) in [5.74, 6) is -1.74. The third-order valence-electron chi connectivity index (χ3n) is 3.07. The number of methoxy groups -OCH3 is 1. The summed E-state index contributed by atoms with van der Waals surface area (Å²) < 4.78 is 5.08. The van der Waals surface area contributed by atoms with Gasteiger partial charge in [0, 0.05) is 12.8 Å². The van der Waals surface area contributed by atoms with Crippen LogP contribution < -0.4 is 10.6 Å². The lowest BCUT2D eigenvalue weighted by Gasteiger charge is -2.21. The number of carboxylic acids is 1. The molecule has 3 N–H and O–H groups in total. The summed E-state index contributed by atoms with van der Waals surface area (Å²) in [6.07, 6.45) is 0.0745. The Kier molecular flexibility index (Phi) is 6.06. The molecule has 0 heterocycles. The third kappa shape index (κ3) is 5.53. The van der Waals surface area contributed by atoms with Gasteiger partial charge in [-0.1, -0.05) is 12.1 Å². The van der Waals surface area contributed by atoms with Crippen LogP contribution in [0.4, 0.5) is 5.69 Å². The van der Waals surface area contributed by atoms with E-state index in [1.807, 2.05) is 0 Å². The largest absolute Gasteiger partial charge is 0.480 e. The molecule has 7 nitrogen and oxygen atoms in total. The first-order valence-electron chi connectivity index (χ1n) is 6.68. The number of rotatable bonds is 7. The van der Waals surface area contributed by atoms with Gasteiger partial charge in [-0.25, -0.2) is 0 Å². The average Bonchev–Trinajstić information content (AvgIpc) is 2.47. The molecule has 0 atom stereocenters. The first kappa shape index (κ1) is 17.6. The molecule has 1 rings (SSSR count). The number of anilines is 1. The summed E-state index contributed by atoms with van der Waals surface area (Å²) in [5, 5.41) is 13.5. The summed E-state index contributed by atoms with van der Waals surface area (Å²) in [4.78, 5) is 33.8. The van der Waals surface area contributed by atoms with E-state index in [9.17, 15) is 14.4 Å². The summed E-state index contributed by atoms with van der Waals surface area (Å²) in [6.45, 7) is 2.91. The van der Waals surface area contributed by atoms with Crippen molar-refractivity contribution in [3.05, 3.63) is 29.8 Å². The molecule has 1 aromatic carbocycles. The minimum Gasteiger partial charge on any atom is -0.480 e. The third-order valence-corrected chi connectivity index (χ3v) is 3.07. The Morgan fingerprint density at radius 3 is 2.27 bits per heavy atom. The van der Waals surface area contributed by atoms with Crippen LogP contribution in [0.2, 0.25) is 0 Å². The maximum Gasteiger partial charge on any atom is 0.322 e. The van der Waals surface area contributed by atoms with Gasteiger partial charge in [0.2, 0.25) is 5.91 Å². The predicted molar refractivity (Wildman–Crippen MR) is 80.5 cm³/mol. The van der Waals surface area contributed by atoms with Crippen LogP contribution in [0.1, 0.15) is 19.4 Å². The molecule has 0 aliphatic heterocycles. The van der Waals surface area contributed by atoms with Crippen LogP contribution >= 0.6 is 0 Å². The first-order chi connectivity index (χ1) is 10.2. The van der Waals surface area contributed by atoms with Gasteiger partial charge in [-0.3, -0.25) is 14.4 Å². The number of nitrogens with one attached hydrogen (secondary N) is 2. The molecule has 22 heavy (non-hydrogen) atoms. The van der Waals surface area contributed by atoms with Crippen molar-refractivity contribution in [2.24, 2.45) is 0 Å². The minimum absolute atomic E-state index is 0.0745. The number of aliphatic carboxylic acids is 1. The second-order valence-electron chi connectivity index (χ2n) is 5.21. The molecule has 0 saturated heterocycles. The fourth-order valence-electron chi connectivity index (χ4n) is 1.50. The van der Waals surface area contributed by atoms with Gasteiger partial charge in [0.1, 0.15) is 12.1 Å². The summed E-state index contributed by atoms with van der Waals surface area (Å²) >= 11 is 0. The molecular formula is C15H20N2O5. The van der Waals surface area contributed by atoms with Crippen molar-refractivity contribution >= 4 is 23.5 Å². The van der Waals surface area contributed by atoms with E-state index in [1.54, 1.807) is 38.1 Å². The Morgan fingerprint density at radius 2 is 1.77 bits per heavy atom. The molecular weight excluding hydrogens is 288 g/mol. The molecule has 0 aromatic heterocycles. The number of hydrogen-bond acceptors (Lipinski definition) is 4. The van der Waals surface area contributed by atoms with Crippen molar-refractivity contribution in [3.63, 3.8) is 0 Å². The van der Waals surface area contributed by atoms with Crippen molar-refractivity contribution in [2.75, 3.05) is 19.0 Å². The maximum absolute atomic E-state index is 11.9. The number of ether oxygens (including phenoxy) is 1. The van der Waals surface area contributed by atoms with Crippen LogP contribution in [0.25, 0.3) is 0 Å². The fourth-order valence-corrected chi connectivity index (χ4v) is 1.50. The second-order valence-corrected chi connectivity index (χ2v) is 5.21. The molecule has 0 aliphatic rings. The van der Waals surface area contributed by atoms with Gasteiger partial charge in [0.25, 0.3) is 5.91 Å². The molecule has 0 bridgehead atoms. The van der Waals surface area contributed by atoms with Gasteiger partial charge in [-0.05, 0) is 31.5 Å². The van der Waals surface area contributed by atoms with Gasteiger partial charge in [0.15, 0.2) is 0 Å². The highest BCUT2D eigenvalue weighted by molar-refractivity contribution is 5.96. The average molecular weight is 308 g/mol. The molecule has 0 spiro atoms. The van der Waals surface area contributed by atoms with Gasteiger partial charge in [-0.2, -0.15) is 0 Å². The normalized spacial score (nSPS) is 10.9. The quantitative estimate of drug-likeness (QED) is 0.691. The Balaban J connectivity index is 2.58. The molecule has 0 fully saturated rings. The Bertz CT molecular complexity index is 552. The highest BCUT2D eigenvalue weighted by Crippen LogP contribution is 2.14. The van der Waals surface area contributed by atoms with E-state index in [1.165, 1.54) is 7.11 Å². The van der Waals surface area contributed by atoms with E-state index >= 15 is 0 Å². The van der Waals surface area contributed by atoms with E-state index in [4.69, 9.17) is 9.84 Å². The number of amides is 2. The number of benzene rings is 1. The Morgan fingerprint density at radius 1 is 1.18 bits per heavy atom. The van der Waals surface area contributed by atoms with Crippen LogP contribution in [0, 0.1) is 0 Å². The predicted octanol–water partition coefficient (Wildman–Crippen LogP) is 0.793. The molecule has 0 saturated carbocycles. The molecule has 7 heteroatoms. The lowest BCUT2D eigenvalue weighted by atomic mass is 10.1. The van der Waals surface area contributed by atoms with Crippen molar-refractivity contribution in [3.8, 4) is 0 Å². The monoisotopic (exact) mass is 308 g/mol. The highest BCUT2D eigenvalue weighted by Gasteiger charge is 2.26. The number of carbonyl (C=O) groups is 3. The Labute approximate surface area is 128 Å². The fraction of sp³-hybridized carbons (Fsp3) is 0.400. The van der Waals surface area contributed by atoms with E-state index in [2.05, 4.69) is 10.6 Å². The summed E-state index contributed by atoms with van der Waals surface area (Å²) in [6, 6.07) is 6.72. The van der Waals surface area contributed by atoms with Crippen LogP contribution in [0.3, 0.4) is 0 Å². The SMILES string of the molecule is COC(C)(C)C(=O)Nc1ccc(CC(=O)NCC(=O)O)cc1. The van der Waals surface area contributed by atoms with Gasteiger partial charge in [-0.15, -0.1) is 0 Å². The second kappa shape index (κ2) is 7.56. The van der Waals surface area contributed by atoms with Crippen molar-refractivity contribution in [2.45, 2.75) is 25.9 Å². The lowest BCUT2D eigenvalue weighted by Crippen LogP contribution is -2.38. The molecule has 0 unspecified atom stereocenters. The molecule has 2 amide bonds. The van der Waals surface area contributed by atoms with Crippen LogP contribution in [0.5, 0.6) is 0 Å². The van der Waals surface area contributed by atoms with E-state index in [0.717, 1.165) is 0 Å². The molecule has 1 aromatic rings. The number of carboxylic acid groups (broad SMARTS) is 1. The van der Waals surface area contributed by atoms with Crippen molar-refractivity contribution in [1.29, 1.82) is 0 Å². The van der Waals surface area contributed by atoms with E-state index < -0.39 is 18.1 Å². The topological polar surface area (TPSA) is 105 Å². The van der Waals surface area contributed by atoms with Gasteiger partial charge >= 0.3 is 5.97 Å². The highest BCUT2D eigenvalue weighted by atomic mass is 16.5. The van der Waals surface area contributed by atoms with Gasteiger partial charge in [0.05, 0.1) is 6.42 Å². The van der Waals surface area contributed by atoms with Crippen LogP contribution in [0.15, 0.2) is 24.3 Å². The number of carbonyl (C=O) groups excluding carboxylic acids is 2. The van der Waals surface area contributed by atoms with Crippen LogP contribution in [-0.4, -0.2) is 42.1 Å².